The zero-order valence-corrected chi connectivity index (χ0v) is 13.0. The summed E-state index contributed by atoms with van der Waals surface area (Å²) in [6.45, 7) is 0.531. The van der Waals surface area contributed by atoms with Crippen LogP contribution in [0.4, 0.5) is 5.69 Å². The number of nitrogens with zero attached hydrogens (tertiary/aromatic N) is 1. The fourth-order valence-corrected chi connectivity index (χ4v) is 3.11. The molecule has 2 N–H and O–H groups in total. The van der Waals surface area contributed by atoms with Crippen molar-refractivity contribution in [1.82, 2.24) is 0 Å². The predicted octanol–water partition coefficient (Wildman–Crippen LogP) is 2.50. The number of primary amides is 1. The van der Waals surface area contributed by atoms with Crippen LogP contribution in [-0.2, 0) is 16.1 Å². The topological polar surface area (TPSA) is 63.4 Å². The molecule has 0 aliphatic rings. The molecular weight excluding hydrogens is 304 g/mol. The molecule has 4 nitrogen and oxygen atoms in total. The Balaban J connectivity index is 2.08. The third kappa shape index (κ3) is 4.91. The molecule has 110 valence electrons. The molecule has 0 atom stereocenters. The van der Waals surface area contributed by atoms with Crippen LogP contribution in [0.15, 0.2) is 47.2 Å². The van der Waals surface area contributed by atoms with Crippen molar-refractivity contribution in [2.24, 2.45) is 5.73 Å². The zero-order valence-electron chi connectivity index (χ0n) is 11.4. The Morgan fingerprint density at radius 3 is 2.52 bits per heavy atom. The van der Waals surface area contributed by atoms with Gasteiger partial charge in [0.2, 0.25) is 11.8 Å². The Morgan fingerprint density at radius 1 is 1.14 bits per heavy atom. The van der Waals surface area contributed by atoms with Crippen molar-refractivity contribution < 1.29 is 9.59 Å². The maximum Gasteiger partial charge on any atom is 0.237 e. The SMILES string of the molecule is NC(=O)CSCC(=O)N(Cc1ccsc1)c1ccccc1. The molecule has 21 heavy (non-hydrogen) atoms. The van der Waals surface area contributed by atoms with Gasteiger partial charge in [-0.05, 0) is 34.5 Å². The van der Waals surface area contributed by atoms with Crippen molar-refractivity contribution in [1.29, 1.82) is 0 Å². The van der Waals surface area contributed by atoms with Crippen LogP contribution in [0.1, 0.15) is 5.56 Å². The smallest absolute Gasteiger partial charge is 0.237 e. The van der Waals surface area contributed by atoms with E-state index < -0.39 is 5.91 Å². The highest BCUT2D eigenvalue weighted by Gasteiger charge is 2.16. The van der Waals surface area contributed by atoms with E-state index in [2.05, 4.69) is 0 Å². The van der Waals surface area contributed by atoms with Crippen LogP contribution in [0.5, 0.6) is 0 Å². The van der Waals surface area contributed by atoms with Gasteiger partial charge in [0, 0.05) is 5.69 Å². The molecule has 1 aromatic heterocycles. The van der Waals surface area contributed by atoms with Gasteiger partial charge in [-0.3, -0.25) is 9.59 Å². The average Bonchev–Trinajstić information content (AvgIpc) is 2.98. The van der Waals surface area contributed by atoms with Crippen LogP contribution < -0.4 is 10.6 Å². The number of benzene rings is 1. The highest BCUT2D eigenvalue weighted by Crippen LogP contribution is 2.19. The first kappa shape index (κ1) is 15.6. The van der Waals surface area contributed by atoms with Crippen molar-refractivity contribution in [3.05, 3.63) is 52.7 Å². The van der Waals surface area contributed by atoms with E-state index in [-0.39, 0.29) is 17.4 Å². The Kier molecular flexibility index (Phi) is 5.83. The van der Waals surface area contributed by atoms with E-state index in [1.165, 1.54) is 11.8 Å². The number of hydrogen-bond donors (Lipinski definition) is 1. The van der Waals surface area contributed by atoms with Crippen molar-refractivity contribution >= 4 is 40.6 Å². The molecule has 2 rings (SSSR count). The number of para-hydroxylation sites is 1. The standard InChI is InChI=1S/C15H16N2O2S2/c16-14(18)10-21-11-15(19)17(8-12-6-7-20-9-12)13-4-2-1-3-5-13/h1-7,9H,8,10-11H2,(H2,16,18). The van der Waals surface area contributed by atoms with E-state index in [0.29, 0.717) is 6.54 Å². The van der Waals surface area contributed by atoms with Gasteiger partial charge >= 0.3 is 0 Å². The second-order valence-corrected chi connectivity index (χ2v) is 6.17. The largest absolute Gasteiger partial charge is 0.369 e. The summed E-state index contributed by atoms with van der Waals surface area (Å²) in [5.41, 5.74) is 7.04. The average molecular weight is 320 g/mol. The Morgan fingerprint density at radius 2 is 1.90 bits per heavy atom. The van der Waals surface area contributed by atoms with Crippen molar-refractivity contribution in [2.45, 2.75) is 6.54 Å². The summed E-state index contributed by atoms with van der Waals surface area (Å²) in [4.78, 5) is 24.9. The lowest BCUT2D eigenvalue weighted by Gasteiger charge is -2.22. The number of thioether (sulfide) groups is 1. The molecule has 6 heteroatoms. The van der Waals surface area contributed by atoms with Gasteiger partial charge in [0.1, 0.15) is 0 Å². The van der Waals surface area contributed by atoms with Gasteiger partial charge in [0.25, 0.3) is 0 Å². The maximum atomic E-state index is 12.4. The molecule has 0 spiro atoms. The predicted molar refractivity (Wildman–Crippen MR) is 88.5 cm³/mol. The molecule has 0 bridgehead atoms. The minimum atomic E-state index is -0.406. The molecule has 0 saturated carbocycles. The number of anilines is 1. The van der Waals surface area contributed by atoms with E-state index in [0.717, 1.165) is 11.3 Å². The summed E-state index contributed by atoms with van der Waals surface area (Å²) in [7, 11) is 0. The molecular formula is C15H16N2O2S2. The molecule has 0 radical (unpaired) electrons. The van der Waals surface area contributed by atoms with Gasteiger partial charge in [-0.2, -0.15) is 11.3 Å². The quantitative estimate of drug-likeness (QED) is 0.852. The summed E-state index contributed by atoms with van der Waals surface area (Å²) in [5, 5.41) is 4.02. The van der Waals surface area contributed by atoms with Crippen LogP contribution in [0, 0.1) is 0 Å². The van der Waals surface area contributed by atoms with Gasteiger partial charge in [0.05, 0.1) is 18.1 Å². The number of thiophene rings is 1. The number of amides is 2. The van der Waals surface area contributed by atoms with Crippen LogP contribution in [0.2, 0.25) is 0 Å². The Bertz CT molecular complexity index is 585. The van der Waals surface area contributed by atoms with Crippen LogP contribution >= 0.6 is 23.1 Å². The van der Waals surface area contributed by atoms with Crippen molar-refractivity contribution in [2.75, 3.05) is 16.4 Å². The summed E-state index contributed by atoms with van der Waals surface area (Å²) in [6, 6.07) is 11.5. The van der Waals surface area contributed by atoms with Gasteiger partial charge in [-0.25, -0.2) is 0 Å². The lowest BCUT2D eigenvalue weighted by atomic mass is 10.2. The number of nitrogens with two attached hydrogens (primary N) is 1. The molecule has 2 aromatic rings. The first-order chi connectivity index (χ1) is 10.2. The lowest BCUT2D eigenvalue weighted by Crippen LogP contribution is -2.32. The Labute approximate surface area is 131 Å². The van der Waals surface area contributed by atoms with E-state index >= 15 is 0 Å². The van der Waals surface area contributed by atoms with Crippen molar-refractivity contribution in [3.8, 4) is 0 Å². The van der Waals surface area contributed by atoms with Gasteiger partial charge in [-0.15, -0.1) is 11.8 Å². The van der Waals surface area contributed by atoms with E-state index in [9.17, 15) is 9.59 Å². The molecule has 0 fully saturated rings. The third-order valence-electron chi connectivity index (χ3n) is 2.76. The first-order valence-electron chi connectivity index (χ1n) is 6.39. The normalized spacial score (nSPS) is 10.3. The first-order valence-corrected chi connectivity index (χ1v) is 8.49. The van der Waals surface area contributed by atoms with Crippen LogP contribution in [0.25, 0.3) is 0 Å². The number of carbonyl (C=O) groups excluding carboxylic acids is 2. The molecule has 2 amide bonds. The van der Waals surface area contributed by atoms with Crippen molar-refractivity contribution in [3.63, 3.8) is 0 Å². The minimum Gasteiger partial charge on any atom is -0.369 e. The summed E-state index contributed by atoms with van der Waals surface area (Å²) < 4.78 is 0. The molecule has 0 saturated heterocycles. The van der Waals surface area contributed by atoms with Gasteiger partial charge in [-0.1, -0.05) is 18.2 Å². The monoisotopic (exact) mass is 320 g/mol. The van der Waals surface area contributed by atoms with Crippen LogP contribution in [0.3, 0.4) is 0 Å². The number of rotatable bonds is 7. The zero-order chi connectivity index (χ0) is 15.1. The van der Waals surface area contributed by atoms with Gasteiger partial charge < -0.3 is 10.6 Å². The third-order valence-corrected chi connectivity index (χ3v) is 4.43. The molecule has 0 unspecified atom stereocenters. The molecule has 1 aromatic carbocycles. The van der Waals surface area contributed by atoms with Gasteiger partial charge in [0.15, 0.2) is 0 Å². The Hall–Kier alpha value is -1.79. The lowest BCUT2D eigenvalue weighted by molar-refractivity contribution is -0.116. The number of hydrogen-bond acceptors (Lipinski definition) is 4. The minimum absolute atomic E-state index is 0.0290. The number of carbonyl (C=O) groups is 2. The fourth-order valence-electron chi connectivity index (χ4n) is 1.81. The summed E-state index contributed by atoms with van der Waals surface area (Å²) in [5.74, 6) is -0.0371. The maximum absolute atomic E-state index is 12.4. The van der Waals surface area contributed by atoms with E-state index in [4.69, 9.17) is 5.73 Å². The molecule has 1 heterocycles. The molecule has 0 aliphatic carbocycles. The fraction of sp³-hybridized carbons (Fsp3) is 0.200. The summed E-state index contributed by atoms with van der Waals surface area (Å²) >= 11 is 2.85. The summed E-state index contributed by atoms with van der Waals surface area (Å²) in [6.07, 6.45) is 0. The van der Waals surface area contributed by atoms with E-state index in [1.807, 2.05) is 47.2 Å². The second kappa shape index (κ2) is 7.85. The highest BCUT2D eigenvalue weighted by molar-refractivity contribution is 8.00. The highest BCUT2D eigenvalue weighted by atomic mass is 32.2. The molecule has 0 aliphatic heterocycles. The second-order valence-electron chi connectivity index (χ2n) is 4.41. The van der Waals surface area contributed by atoms with E-state index in [1.54, 1.807) is 16.2 Å². The van der Waals surface area contributed by atoms with Crippen LogP contribution in [-0.4, -0.2) is 23.3 Å².